The highest BCUT2D eigenvalue weighted by molar-refractivity contribution is 7.99. The van der Waals surface area contributed by atoms with Crippen LogP contribution >= 0.6 is 11.8 Å². The van der Waals surface area contributed by atoms with Gasteiger partial charge in [0.15, 0.2) is 5.75 Å². The second-order valence-electron chi connectivity index (χ2n) is 8.17. The van der Waals surface area contributed by atoms with Gasteiger partial charge in [0.05, 0.1) is 41.1 Å². The molecular formula is C23H26FN5O2S. The molecule has 5 heterocycles. The molecule has 7 nitrogen and oxygen atoms in total. The standard InChI is InChI=1S/C23H26FN5O2S/c1-30-22-3-2-19-23(28-22)17(18(24)11-27-19)5-7-29-6-4-15(13-29)9-25-10-16-8-21-20(12-26-16)31-14-32-21/h2-3,8,11-12,15,25H,4-7,9-10,13-14H2,1H3/t15-/m0/s1. The Morgan fingerprint density at radius 3 is 3.16 bits per heavy atom. The van der Waals surface area contributed by atoms with E-state index in [4.69, 9.17) is 9.47 Å². The van der Waals surface area contributed by atoms with Crippen molar-refractivity contribution in [2.45, 2.75) is 24.3 Å². The number of ether oxygens (including phenoxy) is 2. The summed E-state index contributed by atoms with van der Waals surface area (Å²) >= 11 is 1.71. The minimum absolute atomic E-state index is 0.305. The van der Waals surface area contributed by atoms with Gasteiger partial charge in [-0.15, -0.1) is 0 Å². The van der Waals surface area contributed by atoms with Crippen LogP contribution in [0.4, 0.5) is 4.39 Å². The minimum atomic E-state index is -0.305. The predicted molar refractivity (Wildman–Crippen MR) is 122 cm³/mol. The first-order valence-corrected chi connectivity index (χ1v) is 11.8. The van der Waals surface area contributed by atoms with Crippen LogP contribution in [0.2, 0.25) is 0 Å². The van der Waals surface area contributed by atoms with Gasteiger partial charge in [-0.25, -0.2) is 9.37 Å². The third-order valence-electron chi connectivity index (χ3n) is 6.05. The van der Waals surface area contributed by atoms with Gasteiger partial charge in [-0.2, -0.15) is 0 Å². The molecular weight excluding hydrogens is 429 g/mol. The zero-order valence-corrected chi connectivity index (χ0v) is 18.8. The highest BCUT2D eigenvalue weighted by Crippen LogP contribution is 2.35. The Labute approximate surface area is 190 Å². The fraction of sp³-hybridized carbons (Fsp3) is 0.435. The summed E-state index contributed by atoms with van der Waals surface area (Å²) in [5.74, 6) is 2.31. The topological polar surface area (TPSA) is 72.4 Å². The second kappa shape index (κ2) is 9.56. The largest absolute Gasteiger partial charge is 0.481 e. The molecule has 168 valence electrons. The monoisotopic (exact) mass is 455 g/mol. The van der Waals surface area contributed by atoms with Gasteiger partial charge in [0.2, 0.25) is 5.88 Å². The lowest BCUT2D eigenvalue weighted by molar-refractivity contribution is 0.324. The number of nitrogens with one attached hydrogen (secondary N) is 1. The summed E-state index contributed by atoms with van der Waals surface area (Å²) in [4.78, 5) is 16.6. The Bertz CT molecular complexity index is 1120. The van der Waals surface area contributed by atoms with Crippen LogP contribution in [0.3, 0.4) is 0 Å². The third kappa shape index (κ3) is 4.65. The fourth-order valence-electron chi connectivity index (χ4n) is 4.32. The van der Waals surface area contributed by atoms with Crippen LogP contribution in [0, 0.1) is 11.7 Å². The lowest BCUT2D eigenvalue weighted by Crippen LogP contribution is -2.28. The van der Waals surface area contributed by atoms with Crippen molar-refractivity contribution < 1.29 is 13.9 Å². The summed E-state index contributed by atoms with van der Waals surface area (Å²) in [7, 11) is 1.56. The molecule has 2 aliphatic heterocycles. The highest BCUT2D eigenvalue weighted by atomic mass is 32.2. The van der Waals surface area contributed by atoms with E-state index in [9.17, 15) is 4.39 Å². The fourth-order valence-corrected chi connectivity index (χ4v) is 5.11. The Balaban J connectivity index is 1.13. The molecule has 1 N–H and O–H groups in total. The maximum atomic E-state index is 14.5. The van der Waals surface area contributed by atoms with Crippen molar-refractivity contribution in [2.24, 2.45) is 5.92 Å². The van der Waals surface area contributed by atoms with E-state index in [-0.39, 0.29) is 5.82 Å². The molecule has 3 aromatic heterocycles. The average molecular weight is 456 g/mol. The van der Waals surface area contributed by atoms with Crippen LogP contribution in [0.1, 0.15) is 17.7 Å². The lowest BCUT2D eigenvalue weighted by Gasteiger charge is -2.17. The maximum Gasteiger partial charge on any atom is 0.213 e. The summed E-state index contributed by atoms with van der Waals surface area (Å²) in [5, 5.41) is 3.54. The number of halogens is 1. The predicted octanol–water partition coefficient (Wildman–Crippen LogP) is 3.27. The molecule has 32 heavy (non-hydrogen) atoms. The molecule has 3 aromatic rings. The van der Waals surface area contributed by atoms with Gasteiger partial charge in [-0.1, -0.05) is 11.8 Å². The zero-order chi connectivity index (χ0) is 21.9. The van der Waals surface area contributed by atoms with Gasteiger partial charge in [-0.3, -0.25) is 9.97 Å². The van der Waals surface area contributed by atoms with Crippen LogP contribution < -0.4 is 14.8 Å². The van der Waals surface area contributed by atoms with E-state index in [0.29, 0.717) is 40.8 Å². The Kier molecular flexibility index (Phi) is 6.38. The Morgan fingerprint density at radius 2 is 2.25 bits per heavy atom. The minimum Gasteiger partial charge on any atom is -0.481 e. The van der Waals surface area contributed by atoms with E-state index in [1.54, 1.807) is 24.9 Å². The van der Waals surface area contributed by atoms with Crippen LogP contribution in [0.5, 0.6) is 11.6 Å². The first-order valence-electron chi connectivity index (χ1n) is 10.9. The highest BCUT2D eigenvalue weighted by Gasteiger charge is 2.23. The van der Waals surface area contributed by atoms with Crippen molar-refractivity contribution in [1.29, 1.82) is 0 Å². The molecule has 2 aliphatic rings. The number of aromatic nitrogens is 3. The van der Waals surface area contributed by atoms with Gasteiger partial charge >= 0.3 is 0 Å². The van der Waals surface area contributed by atoms with E-state index in [0.717, 1.165) is 50.6 Å². The number of thioether (sulfide) groups is 1. The molecule has 0 radical (unpaired) electrons. The van der Waals surface area contributed by atoms with Crippen molar-refractivity contribution in [3.63, 3.8) is 0 Å². The number of pyridine rings is 3. The normalized spacial score (nSPS) is 18.1. The first kappa shape index (κ1) is 21.4. The van der Waals surface area contributed by atoms with Crippen molar-refractivity contribution in [3.05, 3.63) is 47.7 Å². The van der Waals surface area contributed by atoms with Crippen LogP contribution in [0.15, 0.2) is 35.5 Å². The molecule has 0 aliphatic carbocycles. The smallest absolute Gasteiger partial charge is 0.213 e. The molecule has 0 bridgehead atoms. The Hall–Kier alpha value is -2.49. The summed E-state index contributed by atoms with van der Waals surface area (Å²) in [6.07, 6.45) is 4.85. The quantitative estimate of drug-likeness (QED) is 0.555. The maximum absolute atomic E-state index is 14.5. The molecule has 0 amide bonds. The molecule has 0 unspecified atom stereocenters. The zero-order valence-electron chi connectivity index (χ0n) is 18.0. The van der Waals surface area contributed by atoms with Gasteiger partial charge in [0, 0.05) is 31.3 Å². The molecule has 1 atom stereocenters. The third-order valence-corrected chi connectivity index (χ3v) is 6.92. The van der Waals surface area contributed by atoms with E-state index >= 15 is 0 Å². The van der Waals surface area contributed by atoms with Gasteiger partial charge in [0.1, 0.15) is 11.8 Å². The average Bonchev–Trinajstić information content (AvgIpc) is 3.47. The van der Waals surface area contributed by atoms with Crippen LogP contribution in [-0.2, 0) is 13.0 Å². The summed E-state index contributed by atoms with van der Waals surface area (Å²) in [5.41, 5.74) is 2.93. The van der Waals surface area contributed by atoms with Crippen LogP contribution in [0.25, 0.3) is 11.0 Å². The lowest BCUT2D eigenvalue weighted by atomic mass is 10.1. The second-order valence-corrected chi connectivity index (χ2v) is 9.14. The SMILES string of the molecule is COc1ccc2ncc(F)c(CCN3CC[C@@H](CNCc4cc5c(cn4)OCS5)C3)c2n1. The molecule has 5 rings (SSSR count). The molecule has 9 heteroatoms. The summed E-state index contributed by atoms with van der Waals surface area (Å²) in [6, 6.07) is 5.68. The molecule has 1 saturated heterocycles. The number of rotatable bonds is 8. The van der Waals surface area contributed by atoms with Crippen molar-refractivity contribution >= 4 is 22.8 Å². The molecule has 0 spiro atoms. The summed E-state index contributed by atoms with van der Waals surface area (Å²) in [6.45, 7) is 4.54. The van der Waals surface area contributed by atoms with Crippen LogP contribution in [-0.4, -0.2) is 59.1 Å². The van der Waals surface area contributed by atoms with E-state index in [2.05, 4.69) is 31.2 Å². The van der Waals surface area contributed by atoms with E-state index in [1.807, 2.05) is 12.3 Å². The summed E-state index contributed by atoms with van der Waals surface area (Å²) < 4.78 is 25.2. The number of fused-ring (bicyclic) bond motifs is 2. The number of nitrogens with zero attached hydrogens (tertiary/aromatic N) is 4. The van der Waals surface area contributed by atoms with Crippen molar-refractivity contribution in [2.75, 3.05) is 39.2 Å². The number of hydrogen-bond acceptors (Lipinski definition) is 8. The van der Waals surface area contributed by atoms with Gasteiger partial charge in [-0.05, 0) is 44.0 Å². The number of methoxy groups -OCH3 is 1. The Morgan fingerprint density at radius 1 is 1.31 bits per heavy atom. The number of likely N-dealkylation sites (tertiary alicyclic amines) is 1. The van der Waals surface area contributed by atoms with Gasteiger partial charge in [0.25, 0.3) is 0 Å². The first-order chi connectivity index (χ1) is 15.7. The molecule has 0 aromatic carbocycles. The van der Waals surface area contributed by atoms with E-state index in [1.165, 1.54) is 11.1 Å². The van der Waals surface area contributed by atoms with Crippen molar-refractivity contribution in [3.8, 4) is 11.6 Å². The van der Waals surface area contributed by atoms with E-state index < -0.39 is 0 Å². The molecule has 0 saturated carbocycles. The van der Waals surface area contributed by atoms with Gasteiger partial charge < -0.3 is 19.7 Å². The van der Waals surface area contributed by atoms with Crippen molar-refractivity contribution in [1.82, 2.24) is 25.2 Å². The number of hydrogen-bond donors (Lipinski definition) is 1. The molecule has 1 fully saturated rings.